The van der Waals surface area contributed by atoms with E-state index in [1.807, 2.05) is 17.4 Å². The van der Waals surface area contributed by atoms with Crippen molar-refractivity contribution in [3.05, 3.63) is 138 Å². The minimum absolute atomic E-state index is 0.0806. The number of nitrogens with one attached hydrogen (secondary N) is 1. The molecule has 1 N–H and O–H groups in total. The van der Waals surface area contributed by atoms with Crippen molar-refractivity contribution in [2.24, 2.45) is 0 Å². The Hall–Kier alpha value is -5.78. The zero-order valence-corrected chi connectivity index (χ0v) is 33.2. The fourth-order valence-corrected chi connectivity index (χ4v) is 11.7. The Kier molecular flexibility index (Phi) is 6.48. The van der Waals surface area contributed by atoms with Crippen molar-refractivity contribution in [3.63, 3.8) is 0 Å². The zero-order chi connectivity index (χ0) is 37.7. The summed E-state index contributed by atoms with van der Waals surface area (Å²) >= 11 is 1.94. The number of benzene rings is 7. The molecular formula is C51H41BN2OS. The summed E-state index contributed by atoms with van der Waals surface area (Å²) in [4.78, 5) is 6.46. The second-order valence-corrected chi connectivity index (χ2v) is 18.7. The predicted octanol–water partition coefficient (Wildman–Crippen LogP) is 13.1. The summed E-state index contributed by atoms with van der Waals surface area (Å²) in [6, 6.07) is 45.5. The molecule has 270 valence electrons. The van der Waals surface area contributed by atoms with Gasteiger partial charge in [0.2, 0.25) is 5.71 Å². The number of hydrogen-bond donors (Lipinski definition) is 1. The lowest BCUT2D eigenvalue weighted by Gasteiger charge is -2.44. The molecular weight excluding hydrogens is 699 g/mol. The van der Waals surface area contributed by atoms with E-state index >= 15 is 0 Å². The highest BCUT2D eigenvalue weighted by atomic mass is 32.1. The molecule has 0 radical (unpaired) electrons. The van der Waals surface area contributed by atoms with Crippen LogP contribution in [0.5, 0.6) is 0 Å². The molecule has 0 fully saturated rings. The van der Waals surface area contributed by atoms with Crippen molar-refractivity contribution in [2.75, 3.05) is 4.90 Å². The van der Waals surface area contributed by atoms with Gasteiger partial charge >= 0.3 is 0 Å². The zero-order valence-electron chi connectivity index (χ0n) is 32.4. The van der Waals surface area contributed by atoms with E-state index in [0.29, 0.717) is 0 Å². The Morgan fingerprint density at radius 3 is 2.23 bits per heavy atom. The van der Waals surface area contributed by atoms with Crippen molar-refractivity contribution in [1.82, 2.24) is 4.98 Å². The van der Waals surface area contributed by atoms with Crippen molar-refractivity contribution >= 4 is 111 Å². The van der Waals surface area contributed by atoms with Crippen LogP contribution in [0.3, 0.4) is 0 Å². The van der Waals surface area contributed by atoms with Crippen molar-refractivity contribution in [1.29, 1.82) is 0 Å². The molecule has 7 aromatic carbocycles. The maximum atomic E-state index is 6.44. The first-order chi connectivity index (χ1) is 27.2. The van der Waals surface area contributed by atoms with E-state index in [4.69, 9.17) is 4.42 Å². The molecule has 0 atom stereocenters. The SMILES string of the molecule is Cc1cc2c(cc1N1c3cc4ccccc4c(-c4cccc5c4[nH]c4oc6ccccc6c45)c3Bc3ccc4c(sc5ccccc54)c31)C(C)(C)CCC2(C)C. The van der Waals surface area contributed by atoms with Gasteiger partial charge in [0.15, 0.2) is 7.28 Å². The summed E-state index contributed by atoms with van der Waals surface area (Å²) < 4.78 is 9.14. The number of furan rings is 1. The molecule has 12 rings (SSSR count). The topological polar surface area (TPSA) is 32.2 Å². The van der Waals surface area contributed by atoms with Gasteiger partial charge in [0, 0.05) is 43.2 Å². The van der Waals surface area contributed by atoms with Gasteiger partial charge in [0.25, 0.3) is 0 Å². The minimum Gasteiger partial charge on any atom is -0.440 e. The van der Waals surface area contributed by atoms with Crippen LogP contribution >= 0.6 is 11.3 Å². The summed E-state index contributed by atoms with van der Waals surface area (Å²) in [5, 5.41) is 8.68. The summed E-state index contributed by atoms with van der Waals surface area (Å²) in [5.74, 6) is 0. The van der Waals surface area contributed by atoms with Crippen molar-refractivity contribution in [3.8, 4) is 11.1 Å². The quantitative estimate of drug-likeness (QED) is 0.179. The highest BCUT2D eigenvalue weighted by Gasteiger charge is 2.39. The number of para-hydroxylation sites is 2. The highest BCUT2D eigenvalue weighted by molar-refractivity contribution is 7.26. The van der Waals surface area contributed by atoms with Crippen LogP contribution in [0.4, 0.5) is 17.1 Å². The fraction of sp³-hybridized carbons (Fsp3) is 0.176. The van der Waals surface area contributed by atoms with Gasteiger partial charge in [-0.25, -0.2) is 0 Å². The first kappa shape index (κ1) is 32.5. The first-order valence-corrected chi connectivity index (χ1v) is 20.8. The van der Waals surface area contributed by atoms with E-state index in [-0.39, 0.29) is 10.8 Å². The second kappa shape index (κ2) is 11.2. The number of rotatable bonds is 2. The van der Waals surface area contributed by atoms with Gasteiger partial charge < -0.3 is 14.3 Å². The third kappa shape index (κ3) is 4.35. The molecule has 0 saturated carbocycles. The van der Waals surface area contributed by atoms with Crippen molar-refractivity contribution < 1.29 is 4.42 Å². The molecule has 5 heteroatoms. The van der Waals surface area contributed by atoms with Crippen LogP contribution in [-0.4, -0.2) is 12.3 Å². The molecule has 1 aliphatic carbocycles. The number of hydrogen-bond acceptors (Lipinski definition) is 3. The Morgan fingerprint density at radius 2 is 1.39 bits per heavy atom. The average Bonchev–Trinajstić information content (AvgIpc) is 3.88. The standard InChI is InChI=1S/C51H41BN2OS/c1-28-25-36-37(51(4,5)24-23-50(36,2)3)27-39(28)54-40-26-29-13-6-7-14-30(29)43(34-17-12-18-35-44-33-16-8-10-19-41(33)55-49(44)53-46(34)35)45(40)52-38-22-21-32-31-15-9-11-20-42(31)56-48(32)47(38)54/h6-22,25-27,52-53H,23-24H2,1-5H3. The molecule has 0 unspecified atom stereocenters. The van der Waals surface area contributed by atoms with Gasteiger partial charge in [-0.2, -0.15) is 0 Å². The Balaban J connectivity index is 1.21. The van der Waals surface area contributed by atoms with E-state index in [1.54, 1.807) is 0 Å². The number of nitrogens with zero attached hydrogens (tertiary/aromatic N) is 1. The number of fused-ring (bicyclic) bond motifs is 13. The van der Waals surface area contributed by atoms with Gasteiger partial charge in [-0.15, -0.1) is 11.3 Å². The lowest BCUT2D eigenvalue weighted by Crippen LogP contribution is -2.41. The highest BCUT2D eigenvalue weighted by Crippen LogP contribution is 2.52. The molecule has 0 saturated heterocycles. The van der Waals surface area contributed by atoms with Crippen molar-refractivity contribution in [2.45, 2.75) is 58.3 Å². The second-order valence-electron chi connectivity index (χ2n) is 17.6. The van der Waals surface area contributed by atoms with Gasteiger partial charge in [-0.05, 0) is 93.3 Å². The molecule has 3 nitrogen and oxygen atoms in total. The van der Waals surface area contributed by atoms with Gasteiger partial charge in [-0.3, -0.25) is 0 Å². The number of aromatic nitrogens is 1. The normalized spacial score (nSPS) is 15.8. The third-order valence-corrected chi connectivity index (χ3v) is 14.6. The lowest BCUT2D eigenvalue weighted by molar-refractivity contribution is 0.332. The van der Waals surface area contributed by atoms with E-state index < -0.39 is 0 Å². The molecule has 2 aliphatic rings. The lowest BCUT2D eigenvalue weighted by atomic mass is 9.57. The van der Waals surface area contributed by atoms with Crippen LogP contribution in [-0.2, 0) is 10.8 Å². The van der Waals surface area contributed by atoms with Crippen LogP contribution in [0.2, 0.25) is 0 Å². The minimum atomic E-state index is 0.0806. The van der Waals surface area contributed by atoms with Crippen LogP contribution in [0.25, 0.3) is 75.0 Å². The Morgan fingerprint density at radius 1 is 0.679 bits per heavy atom. The average molecular weight is 741 g/mol. The van der Waals surface area contributed by atoms with Gasteiger partial charge in [-0.1, -0.05) is 130 Å². The van der Waals surface area contributed by atoms with E-state index in [2.05, 4.69) is 160 Å². The van der Waals surface area contributed by atoms with Gasteiger partial charge in [0.05, 0.1) is 21.3 Å². The maximum Gasteiger partial charge on any atom is 0.206 e. The first-order valence-electron chi connectivity index (χ1n) is 20.0. The third-order valence-electron chi connectivity index (χ3n) is 13.4. The number of aromatic amines is 1. The molecule has 0 amide bonds. The van der Waals surface area contributed by atoms with Crippen LogP contribution in [0.1, 0.15) is 57.2 Å². The molecule has 56 heavy (non-hydrogen) atoms. The van der Waals surface area contributed by atoms with E-state index in [0.717, 1.165) is 34.9 Å². The molecule has 1 aliphatic heterocycles. The van der Waals surface area contributed by atoms with Crippen LogP contribution in [0, 0.1) is 6.92 Å². The monoisotopic (exact) mass is 740 g/mol. The summed E-state index contributed by atoms with van der Waals surface area (Å²) in [5.41, 5.74) is 16.5. The Labute approximate surface area is 330 Å². The number of anilines is 3. The van der Waals surface area contributed by atoms with Crippen LogP contribution < -0.4 is 15.8 Å². The molecule has 0 bridgehead atoms. The number of thiophene rings is 1. The number of aryl methyl sites for hydroxylation is 1. The van der Waals surface area contributed by atoms with E-state index in [1.165, 1.54) is 105 Å². The summed E-state index contributed by atoms with van der Waals surface area (Å²) in [6.45, 7) is 12.1. The molecule has 10 aromatic rings. The predicted molar refractivity (Wildman–Crippen MR) is 243 cm³/mol. The van der Waals surface area contributed by atoms with Crippen LogP contribution in [0.15, 0.2) is 126 Å². The molecule has 4 heterocycles. The smallest absolute Gasteiger partial charge is 0.206 e. The number of H-pyrrole nitrogens is 1. The maximum absolute atomic E-state index is 6.44. The van der Waals surface area contributed by atoms with Gasteiger partial charge in [0.1, 0.15) is 5.58 Å². The summed E-state index contributed by atoms with van der Waals surface area (Å²) in [7, 11) is 0.837. The Bertz CT molecular complexity index is 3320. The molecule has 3 aromatic heterocycles. The molecule has 0 spiro atoms. The van der Waals surface area contributed by atoms with E-state index in [9.17, 15) is 0 Å². The largest absolute Gasteiger partial charge is 0.440 e. The fourth-order valence-electron chi connectivity index (χ4n) is 10.4. The summed E-state index contributed by atoms with van der Waals surface area (Å²) in [6.07, 6.45) is 2.37.